The fourth-order valence-electron chi connectivity index (χ4n) is 2.44. The summed E-state index contributed by atoms with van der Waals surface area (Å²) in [6.45, 7) is 1.59. The van der Waals surface area contributed by atoms with Gasteiger partial charge in [0, 0.05) is 38.5 Å². The van der Waals surface area contributed by atoms with Gasteiger partial charge in [0.05, 0.1) is 14.2 Å². The van der Waals surface area contributed by atoms with Crippen molar-refractivity contribution in [2.75, 3.05) is 33.9 Å². The van der Waals surface area contributed by atoms with Crippen molar-refractivity contribution in [2.45, 2.75) is 19.3 Å². The Balaban J connectivity index is 1.94. The molecule has 2 rings (SSSR count). The Labute approximate surface area is 130 Å². The van der Waals surface area contributed by atoms with Crippen molar-refractivity contribution in [3.05, 3.63) is 23.8 Å². The minimum absolute atomic E-state index is 0.00725. The summed E-state index contributed by atoms with van der Waals surface area (Å²) in [4.78, 5) is 25.3. The first kappa shape index (κ1) is 16.1. The quantitative estimate of drug-likeness (QED) is 0.881. The molecule has 1 saturated heterocycles. The van der Waals surface area contributed by atoms with Crippen LogP contribution in [0, 0.1) is 0 Å². The van der Waals surface area contributed by atoms with Gasteiger partial charge >= 0.3 is 0 Å². The third-order valence-corrected chi connectivity index (χ3v) is 3.70. The Hall–Kier alpha value is -2.24. The van der Waals surface area contributed by atoms with E-state index in [1.165, 1.54) is 0 Å². The molecule has 0 aliphatic carbocycles. The van der Waals surface area contributed by atoms with Crippen LogP contribution in [0.3, 0.4) is 0 Å². The molecule has 1 N–H and O–H groups in total. The molecule has 2 amide bonds. The highest BCUT2D eigenvalue weighted by Gasteiger charge is 2.18. The Morgan fingerprint density at radius 3 is 2.50 bits per heavy atom. The summed E-state index contributed by atoms with van der Waals surface area (Å²) in [5.74, 6) is 1.50. The number of carbonyl (C=O) groups is 2. The van der Waals surface area contributed by atoms with Crippen molar-refractivity contribution in [1.29, 1.82) is 0 Å². The zero-order valence-electron chi connectivity index (χ0n) is 13.1. The first-order chi connectivity index (χ1) is 10.6. The molecule has 0 aromatic heterocycles. The highest BCUT2D eigenvalue weighted by Crippen LogP contribution is 2.23. The van der Waals surface area contributed by atoms with Crippen LogP contribution in [0.25, 0.3) is 0 Å². The zero-order valence-corrected chi connectivity index (χ0v) is 13.1. The number of hydrogen-bond acceptors (Lipinski definition) is 4. The molecule has 0 atom stereocenters. The Bertz CT molecular complexity index is 523. The van der Waals surface area contributed by atoms with E-state index in [1.54, 1.807) is 25.2 Å². The lowest BCUT2D eigenvalue weighted by Crippen LogP contribution is -2.34. The van der Waals surface area contributed by atoms with Gasteiger partial charge in [0.1, 0.15) is 11.5 Å². The molecule has 22 heavy (non-hydrogen) atoms. The number of nitrogens with one attached hydrogen (secondary N) is 1. The van der Waals surface area contributed by atoms with Crippen molar-refractivity contribution in [3.63, 3.8) is 0 Å². The molecule has 1 aliphatic rings. The summed E-state index contributed by atoms with van der Waals surface area (Å²) in [5, 5.41) is 2.77. The monoisotopic (exact) mass is 306 g/mol. The second-order valence-corrected chi connectivity index (χ2v) is 5.20. The second-order valence-electron chi connectivity index (χ2n) is 5.20. The van der Waals surface area contributed by atoms with E-state index in [2.05, 4.69) is 5.32 Å². The summed E-state index contributed by atoms with van der Waals surface area (Å²) in [7, 11) is 3.20. The van der Waals surface area contributed by atoms with E-state index in [0.29, 0.717) is 50.4 Å². The lowest BCUT2D eigenvalue weighted by Gasteiger charge is -2.19. The minimum atomic E-state index is 0.00725. The van der Waals surface area contributed by atoms with Crippen LogP contribution in [0.1, 0.15) is 18.4 Å². The van der Waals surface area contributed by atoms with Crippen molar-refractivity contribution >= 4 is 11.8 Å². The van der Waals surface area contributed by atoms with E-state index in [-0.39, 0.29) is 11.8 Å². The summed E-state index contributed by atoms with van der Waals surface area (Å²) < 4.78 is 10.5. The molecule has 0 spiro atoms. The number of methoxy groups -OCH3 is 2. The molecule has 1 fully saturated rings. The van der Waals surface area contributed by atoms with Crippen LogP contribution in [-0.2, 0) is 16.0 Å². The molecular formula is C16H22N2O4. The molecule has 1 heterocycles. The fraction of sp³-hybridized carbons (Fsp3) is 0.500. The number of ether oxygens (including phenoxy) is 2. The zero-order chi connectivity index (χ0) is 15.9. The summed E-state index contributed by atoms with van der Waals surface area (Å²) in [5.41, 5.74) is 0.994. The first-order valence-corrected chi connectivity index (χ1v) is 7.39. The summed E-state index contributed by atoms with van der Waals surface area (Å²) in [6, 6.07) is 5.62. The fourth-order valence-corrected chi connectivity index (χ4v) is 2.44. The van der Waals surface area contributed by atoms with Crippen LogP contribution in [0.5, 0.6) is 11.5 Å². The van der Waals surface area contributed by atoms with Gasteiger partial charge in [-0.2, -0.15) is 0 Å². The van der Waals surface area contributed by atoms with Crippen LogP contribution < -0.4 is 14.8 Å². The second kappa shape index (κ2) is 7.68. The third kappa shape index (κ3) is 4.38. The number of benzene rings is 1. The lowest BCUT2D eigenvalue weighted by molar-refractivity contribution is -0.131. The topological polar surface area (TPSA) is 67.9 Å². The molecule has 1 aromatic rings. The van der Waals surface area contributed by atoms with Gasteiger partial charge < -0.3 is 19.7 Å². The maximum atomic E-state index is 12.3. The summed E-state index contributed by atoms with van der Waals surface area (Å²) in [6.07, 6.45) is 1.40. The maximum absolute atomic E-state index is 12.3. The molecular weight excluding hydrogens is 284 g/mol. The molecule has 6 heteroatoms. The van der Waals surface area contributed by atoms with Gasteiger partial charge in [-0.25, -0.2) is 0 Å². The maximum Gasteiger partial charge on any atom is 0.222 e. The van der Waals surface area contributed by atoms with E-state index >= 15 is 0 Å². The van der Waals surface area contributed by atoms with Gasteiger partial charge in [-0.3, -0.25) is 9.59 Å². The third-order valence-electron chi connectivity index (χ3n) is 3.70. The van der Waals surface area contributed by atoms with Gasteiger partial charge in [-0.15, -0.1) is 0 Å². The predicted molar refractivity (Wildman–Crippen MR) is 82.1 cm³/mol. The molecule has 0 bridgehead atoms. The van der Waals surface area contributed by atoms with E-state index in [4.69, 9.17) is 9.47 Å². The Morgan fingerprint density at radius 2 is 1.86 bits per heavy atom. The van der Waals surface area contributed by atoms with Crippen LogP contribution in [0.2, 0.25) is 0 Å². The van der Waals surface area contributed by atoms with Crippen molar-refractivity contribution in [1.82, 2.24) is 10.2 Å². The van der Waals surface area contributed by atoms with E-state index < -0.39 is 0 Å². The van der Waals surface area contributed by atoms with Crippen LogP contribution in [-0.4, -0.2) is 50.6 Å². The van der Waals surface area contributed by atoms with Crippen molar-refractivity contribution in [2.24, 2.45) is 0 Å². The van der Waals surface area contributed by atoms with Gasteiger partial charge in [-0.1, -0.05) is 0 Å². The largest absolute Gasteiger partial charge is 0.497 e. The predicted octanol–water partition coefficient (Wildman–Crippen LogP) is 0.985. The highest BCUT2D eigenvalue weighted by molar-refractivity contribution is 5.80. The number of carbonyl (C=O) groups excluding carboxylic acids is 2. The lowest BCUT2D eigenvalue weighted by atomic mass is 10.1. The number of nitrogens with zero attached hydrogens (tertiary/aromatic N) is 1. The van der Waals surface area contributed by atoms with E-state index in [9.17, 15) is 9.59 Å². The minimum Gasteiger partial charge on any atom is -0.497 e. The SMILES string of the molecule is COc1cc(CCC(=O)N2CCNC(=O)CC2)cc(OC)c1. The molecule has 0 saturated carbocycles. The first-order valence-electron chi connectivity index (χ1n) is 7.39. The number of rotatable bonds is 5. The number of amides is 2. The standard InChI is InChI=1S/C16H22N2O4/c1-21-13-9-12(10-14(11-13)22-2)3-4-16(20)18-7-5-15(19)17-6-8-18/h9-11H,3-8H2,1-2H3,(H,17,19). The number of aryl methyl sites for hydroxylation is 1. The van der Waals surface area contributed by atoms with Crippen LogP contribution in [0.4, 0.5) is 0 Å². The van der Waals surface area contributed by atoms with Gasteiger partial charge in [0.25, 0.3) is 0 Å². The van der Waals surface area contributed by atoms with E-state index in [0.717, 1.165) is 5.56 Å². The number of hydrogen-bond donors (Lipinski definition) is 1. The average molecular weight is 306 g/mol. The van der Waals surface area contributed by atoms with Gasteiger partial charge in [0.15, 0.2) is 0 Å². The van der Waals surface area contributed by atoms with Crippen molar-refractivity contribution < 1.29 is 19.1 Å². The van der Waals surface area contributed by atoms with Crippen LogP contribution >= 0.6 is 0 Å². The normalized spacial score (nSPS) is 15.0. The summed E-state index contributed by atoms with van der Waals surface area (Å²) >= 11 is 0. The molecule has 120 valence electrons. The van der Waals surface area contributed by atoms with Crippen molar-refractivity contribution in [3.8, 4) is 11.5 Å². The van der Waals surface area contributed by atoms with Gasteiger partial charge in [0.2, 0.25) is 11.8 Å². The van der Waals surface area contributed by atoms with E-state index in [1.807, 2.05) is 12.1 Å². The molecule has 0 radical (unpaired) electrons. The Kier molecular flexibility index (Phi) is 5.63. The van der Waals surface area contributed by atoms with Crippen LogP contribution in [0.15, 0.2) is 18.2 Å². The molecule has 0 unspecified atom stereocenters. The average Bonchev–Trinajstić information content (AvgIpc) is 2.76. The molecule has 6 nitrogen and oxygen atoms in total. The molecule has 1 aliphatic heterocycles. The Morgan fingerprint density at radius 1 is 1.18 bits per heavy atom. The van der Waals surface area contributed by atoms with Gasteiger partial charge in [-0.05, 0) is 24.1 Å². The molecule has 1 aromatic carbocycles. The highest BCUT2D eigenvalue weighted by atomic mass is 16.5. The smallest absolute Gasteiger partial charge is 0.222 e.